The summed E-state index contributed by atoms with van der Waals surface area (Å²) < 4.78 is 10.3. The molecule has 1 heterocycles. The molecule has 3 aromatic rings. The number of esters is 1. The molecule has 0 bridgehead atoms. The van der Waals surface area contributed by atoms with Crippen molar-refractivity contribution in [3.05, 3.63) is 52.7 Å². The number of aliphatic hydroxyl groups is 1. The van der Waals surface area contributed by atoms with Crippen LogP contribution in [0.15, 0.2) is 36.5 Å². The number of rotatable bonds is 4. The highest BCUT2D eigenvalue weighted by molar-refractivity contribution is 6.34. The molecule has 0 spiro atoms. The second-order valence-corrected chi connectivity index (χ2v) is 6.95. The van der Waals surface area contributed by atoms with Crippen LogP contribution in [0.25, 0.3) is 22.0 Å². The molecule has 0 aliphatic rings. The van der Waals surface area contributed by atoms with Crippen molar-refractivity contribution in [2.75, 3.05) is 14.2 Å². The SMILES string of the molecule is COC(=O)c1c[nH]c2cc(Cl)c(-c3ccc(C(C)(C)O)c(OC)c3)cc12. The topological polar surface area (TPSA) is 71.6 Å². The van der Waals surface area contributed by atoms with E-state index in [2.05, 4.69) is 4.98 Å². The molecule has 26 heavy (non-hydrogen) atoms. The molecule has 0 saturated heterocycles. The summed E-state index contributed by atoms with van der Waals surface area (Å²) in [7, 11) is 2.90. The minimum Gasteiger partial charge on any atom is -0.496 e. The van der Waals surface area contributed by atoms with Gasteiger partial charge in [-0.05, 0) is 37.6 Å². The number of aromatic amines is 1. The van der Waals surface area contributed by atoms with E-state index in [0.717, 1.165) is 22.0 Å². The molecule has 136 valence electrons. The number of hydrogen-bond acceptors (Lipinski definition) is 4. The largest absolute Gasteiger partial charge is 0.496 e. The van der Waals surface area contributed by atoms with Gasteiger partial charge < -0.3 is 19.6 Å². The van der Waals surface area contributed by atoms with Crippen LogP contribution in [0.3, 0.4) is 0 Å². The van der Waals surface area contributed by atoms with E-state index in [-0.39, 0.29) is 0 Å². The number of nitrogens with one attached hydrogen (secondary N) is 1. The number of carbonyl (C=O) groups excluding carboxylic acids is 1. The van der Waals surface area contributed by atoms with E-state index in [0.29, 0.717) is 21.9 Å². The fourth-order valence-electron chi connectivity index (χ4n) is 3.01. The van der Waals surface area contributed by atoms with E-state index >= 15 is 0 Å². The van der Waals surface area contributed by atoms with Gasteiger partial charge in [-0.3, -0.25) is 0 Å². The molecule has 5 nitrogen and oxygen atoms in total. The van der Waals surface area contributed by atoms with E-state index in [1.807, 2.05) is 24.3 Å². The lowest BCUT2D eigenvalue weighted by Crippen LogP contribution is -2.16. The lowest BCUT2D eigenvalue weighted by atomic mass is 9.93. The Labute approximate surface area is 156 Å². The summed E-state index contributed by atoms with van der Waals surface area (Å²) >= 11 is 6.46. The number of hydrogen-bond donors (Lipinski definition) is 2. The monoisotopic (exact) mass is 373 g/mol. The number of methoxy groups -OCH3 is 2. The normalized spacial score (nSPS) is 11.6. The standard InChI is InChI=1S/C20H20ClNO4/c1-20(2,24)15-6-5-11(7-18(15)25-3)12-8-13-14(19(23)26-4)10-22-17(13)9-16(12)21/h5-10,22,24H,1-4H3. The summed E-state index contributed by atoms with van der Waals surface area (Å²) in [6, 6.07) is 9.12. The van der Waals surface area contributed by atoms with E-state index in [1.165, 1.54) is 7.11 Å². The summed E-state index contributed by atoms with van der Waals surface area (Å²) in [5.41, 5.74) is 2.41. The number of H-pyrrole nitrogens is 1. The van der Waals surface area contributed by atoms with Crippen molar-refractivity contribution in [3.8, 4) is 16.9 Å². The van der Waals surface area contributed by atoms with Gasteiger partial charge in [0.2, 0.25) is 0 Å². The summed E-state index contributed by atoms with van der Waals surface area (Å²) in [5, 5.41) is 11.6. The Balaban J connectivity index is 2.18. The average molecular weight is 374 g/mol. The molecule has 0 unspecified atom stereocenters. The van der Waals surface area contributed by atoms with Gasteiger partial charge in [-0.1, -0.05) is 23.7 Å². The Hall–Kier alpha value is -2.50. The van der Waals surface area contributed by atoms with Crippen LogP contribution in [0.1, 0.15) is 29.8 Å². The van der Waals surface area contributed by atoms with Gasteiger partial charge in [0.25, 0.3) is 0 Å². The van der Waals surface area contributed by atoms with Crippen LogP contribution >= 0.6 is 11.6 Å². The number of benzene rings is 2. The molecule has 0 amide bonds. The highest BCUT2D eigenvalue weighted by Crippen LogP contribution is 2.38. The zero-order chi connectivity index (χ0) is 19.1. The fraction of sp³-hybridized carbons (Fsp3) is 0.250. The molecule has 0 atom stereocenters. The molecular weight excluding hydrogens is 354 g/mol. The van der Waals surface area contributed by atoms with Crippen molar-refractivity contribution in [1.82, 2.24) is 4.98 Å². The van der Waals surface area contributed by atoms with Crippen LogP contribution in [-0.4, -0.2) is 30.3 Å². The second kappa shape index (κ2) is 6.67. The first kappa shape index (κ1) is 18.3. The van der Waals surface area contributed by atoms with Gasteiger partial charge >= 0.3 is 5.97 Å². The Morgan fingerprint density at radius 3 is 2.54 bits per heavy atom. The molecule has 0 saturated carbocycles. The minimum absolute atomic E-state index is 0.417. The highest BCUT2D eigenvalue weighted by atomic mass is 35.5. The van der Waals surface area contributed by atoms with Gasteiger partial charge in [0.05, 0.1) is 30.4 Å². The molecule has 0 radical (unpaired) electrons. The maximum atomic E-state index is 12.0. The van der Waals surface area contributed by atoms with Crippen LogP contribution in [-0.2, 0) is 10.3 Å². The van der Waals surface area contributed by atoms with Gasteiger partial charge in [0.1, 0.15) is 5.75 Å². The molecule has 1 aromatic heterocycles. The van der Waals surface area contributed by atoms with Crippen molar-refractivity contribution in [1.29, 1.82) is 0 Å². The summed E-state index contributed by atoms with van der Waals surface area (Å²) in [6.07, 6.45) is 1.61. The van der Waals surface area contributed by atoms with Crippen LogP contribution in [0, 0.1) is 0 Å². The molecule has 0 fully saturated rings. The third kappa shape index (κ3) is 3.16. The Bertz CT molecular complexity index is 985. The van der Waals surface area contributed by atoms with Crippen molar-refractivity contribution >= 4 is 28.5 Å². The van der Waals surface area contributed by atoms with Crippen molar-refractivity contribution in [2.24, 2.45) is 0 Å². The summed E-state index contributed by atoms with van der Waals surface area (Å²) in [6.45, 7) is 3.40. The van der Waals surface area contributed by atoms with Gasteiger partial charge in [-0.15, -0.1) is 0 Å². The quantitative estimate of drug-likeness (QED) is 0.660. The van der Waals surface area contributed by atoms with Crippen molar-refractivity contribution < 1.29 is 19.4 Å². The lowest BCUT2D eigenvalue weighted by molar-refractivity contribution is 0.0602. The molecule has 0 aliphatic heterocycles. The zero-order valence-corrected chi connectivity index (χ0v) is 15.8. The predicted molar refractivity (Wildman–Crippen MR) is 102 cm³/mol. The van der Waals surface area contributed by atoms with E-state index in [4.69, 9.17) is 21.1 Å². The van der Waals surface area contributed by atoms with Gasteiger partial charge in [-0.2, -0.15) is 0 Å². The Kier molecular flexibility index (Phi) is 4.69. The van der Waals surface area contributed by atoms with Crippen LogP contribution in [0.4, 0.5) is 0 Å². The first-order valence-electron chi connectivity index (χ1n) is 8.06. The Morgan fingerprint density at radius 1 is 1.19 bits per heavy atom. The third-order valence-electron chi connectivity index (χ3n) is 4.35. The number of aromatic nitrogens is 1. The van der Waals surface area contributed by atoms with E-state index in [1.54, 1.807) is 33.2 Å². The first-order chi connectivity index (χ1) is 12.3. The molecule has 0 aliphatic carbocycles. The van der Waals surface area contributed by atoms with E-state index < -0.39 is 11.6 Å². The summed E-state index contributed by atoms with van der Waals surface area (Å²) in [5.74, 6) is 0.146. The van der Waals surface area contributed by atoms with Gasteiger partial charge in [0.15, 0.2) is 0 Å². The highest BCUT2D eigenvalue weighted by Gasteiger charge is 2.22. The fourth-order valence-corrected chi connectivity index (χ4v) is 3.28. The molecule has 3 rings (SSSR count). The average Bonchev–Trinajstić information content (AvgIpc) is 3.01. The molecular formula is C20H20ClNO4. The number of ether oxygens (including phenoxy) is 2. The van der Waals surface area contributed by atoms with Crippen molar-refractivity contribution in [3.63, 3.8) is 0 Å². The van der Waals surface area contributed by atoms with Crippen LogP contribution in [0.2, 0.25) is 5.02 Å². The van der Waals surface area contributed by atoms with Gasteiger partial charge in [-0.25, -0.2) is 4.79 Å². The number of fused-ring (bicyclic) bond motifs is 1. The van der Waals surface area contributed by atoms with Gasteiger partial charge in [0, 0.05) is 28.2 Å². The molecule has 6 heteroatoms. The maximum Gasteiger partial charge on any atom is 0.340 e. The van der Waals surface area contributed by atoms with E-state index in [9.17, 15) is 9.90 Å². The first-order valence-corrected chi connectivity index (χ1v) is 8.44. The van der Waals surface area contributed by atoms with Crippen LogP contribution < -0.4 is 4.74 Å². The van der Waals surface area contributed by atoms with Crippen molar-refractivity contribution in [2.45, 2.75) is 19.4 Å². The number of carbonyl (C=O) groups is 1. The second-order valence-electron chi connectivity index (χ2n) is 6.55. The zero-order valence-electron chi connectivity index (χ0n) is 15.0. The minimum atomic E-state index is -1.03. The third-order valence-corrected chi connectivity index (χ3v) is 4.66. The lowest BCUT2D eigenvalue weighted by Gasteiger charge is -2.21. The smallest absolute Gasteiger partial charge is 0.340 e. The molecule has 2 N–H and O–H groups in total. The van der Waals surface area contributed by atoms with Crippen LogP contribution in [0.5, 0.6) is 5.75 Å². The predicted octanol–water partition coefficient (Wildman–Crippen LogP) is 4.51. The molecule has 2 aromatic carbocycles. The maximum absolute atomic E-state index is 12.0. The number of halogens is 1. The summed E-state index contributed by atoms with van der Waals surface area (Å²) in [4.78, 5) is 15.0. The Morgan fingerprint density at radius 2 is 1.92 bits per heavy atom.